The summed E-state index contributed by atoms with van der Waals surface area (Å²) in [6.45, 7) is 12.1. The number of aryl methyl sites for hydroxylation is 4. The average molecular weight is 1760 g/mol. The quantitative estimate of drug-likeness (QED) is 0.0125. The van der Waals surface area contributed by atoms with E-state index in [2.05, 4.69) is 62.5 Å². The molecule has 126 heavy (non-hydrogen) atoms. The Bertz CT molecular complexity index is 6570. The standard InChI is InChI=1S/2C20H16F3N5O4.2C20H17F3N4O4/c1-11(24-25-18(29)13-4-3-5-16(10-13)28(31)32)17-12(2)26-27(19(17)30)15-8-6-14(7-9-15)20(21,22)23;1-11(24-25-18(29)15-5-3-4-6-16(15)28(31)32)17-12(2)26-27(19(17)30)14-9-7-13(8-10-14)20(21,22)23;1-10(24-25-18(30)12-3-8-15(28)16(29)9-12)17-11(2)26-27(19(17)31)14-6-4-13(5-7-14)20(21,22)23;1-10(24-25-18(30)15-8-7-14(28)9-16(15)29)17-11(2)26-27(19(17)31)13-5-3-12(4-6-13)20(21,22)23/h2*3-10,26H,1-2H3,(H,25,29);2*3-9,26,28-29H,1-2H3,(H,25,30). The second-order valence-electron chi connectivity index (χ2n) is 26.7. The number of amides is 4. The molecule has 0 atom stereocenters. The van der Waals surface area contributed by atoms with Gasteiger partial charge in [-0.15, -0.1) is 0 Å². The van der Waals surface area contributed by atoms with Crippen molar-refractivity contribution in [3.63, 3.8) is 0 Å². The molecule has 46 heteroatoms. The molecule has 0 saturated heterocycles. The van der Waals surface area contributed by atoms with Crippen LogP contribution in [0.15, 0.2) is 222 Å². The van der Waals surface area contributed by atoms with Gasteiger partial charge in [0, 0.05) is 58.2 Å². The number of aromatic nitrogens is 8. The highest BCUT2D eigenvalue weighted by atomic mass is 19.4. The number of nitrogens with one attached hydrogen (secondary N) is 8. The van der Waals surface area contributed by atoms with Gasteiger partial charge in [0.2, 0.25) is 0 Å². The van der Waals surface area contributed by atoms with Gasteiger partial charge in [-0.25, -0.2) is 40.4 Å². The number of non-ortho nitro benzene ring substituents is 1. The second kappa shape index (κ2) is 38.1. The molecule has 4 aromatic heterocycles. The lowest BCUT2D eigenvalue weighted by atomic mass is 10.1. The minimum Gasteiger partial charge on any atom is -0.508 e. The molecule has 12 N–H and O–H groups in total. The van der Waals surface area contributed by atoms with Gasteiger partial charge in [0.15, 0.2) is 11.5 Å². The van der Waals surface area contributed by atoms with Crippen LogP contribution in [0.3, 0.4) is 0 Å². The molecule has 656 valence electrons. The molecule has 0 radical (unpaired) electrons. The Kier molecular flexibility index (Phi) is 28.2. The first-order valence-electron chi connectivity index (χ1n) is 35.9. The molecule has 12 rings (SSSR count). The number of phenols is 4. The highest BCUT2D eigenvalue weighted by Gasteiger charge is 2.34. The number of alkyl halides is 12. The number of para-hydroxylation sites is 1. The monoisotopic (exact) mass is 1760 g/mol. The van der Waals surface area contributed by atoms with Crippen LogP contribution in [0.1, 0.15) is 136 Å². The van der Waals surface area contributed by atoms with Crippen molar-refractivity contribution >= 4 is 57.9 Å². The Balaban J connectivity index is 0.000000190. The molecule has 0 bridgehead atoms. The number of nitro groups is 2. The second-order valence-corrected chi connectivity index (χ2v) is 26.7. The Morgan fingerprint density at radius 3 is 0.960 bits per heavy atom. The van der Waals surface area contributed by atoms with E-state index in [4.69, 9.17) is 0 Å². The summed E-state index contributed by atoms with van der Waals surface area (Å²) >= 11 is 0. The van der Waals surface area contributed by atoms with Crippen LogP contribution in [0, 0.1) is 47.9 Å². The van der Waals surface area contributed by atoms with Crippen molar-refractivity contribution in [2.45, 2.75) is 80.1 Å². The largest absolute Gasteiger partial charge is 0.508 e. The third-order valence-corrected chi connectivity index (χ3v) is 18.0. The maximum absolute atomic E-state index is 12.8. The number of hydrogen-bond donors (Lipinski definition) is 12. The number of aromatic hydroxyl groups is 4. The SMILES string of the molecule is CC(=NNC(=O)c1ccc(O)c(O)c1)c1c(C)[nH]n(-c2ccc(C(F)(F)F)cc2)c1=O.CC(=NNC(=O)c1ccc(O)cc1O)c1c(C)[nH]n(-c2ccc(C(F)(F)F)cc2)c1=O.CC(=NNC(=O)c1cccc([N+](=O)[O-])c1)c1c(C)[nH]n(-c2ccc(C(F)(F)F)cc2)c1=O.CC(=NNC(=O)c1ccccc1[N+](=O)[O-])c1c(C)[nH]n(-c2ccc(C(F)(F)F)cc2)c1=O. The van der Waals surface area contributed by atoms with Gasteiger partial charge in [0.25, 0.3) is 57.2 Å². The van der Waals surface area contributed by atoms with Crippen LogP contribution >= 0.6 is 0 Å². The minimum absolute atomic E-state index is 0.00343. The first-order chi connectivity index (χ1) is 59.0. The van der Waals surface area contributed by atoms with Crippen molar-refractivity contribution in [3.05, 3.63) is 333 Å². The molecule has 12 aromatic rings. The normalized spacial score (nSPS) is 12.0. The van der Waals surface area contributed by atoms with Crippen LogP contribution in [0.5, 0.6) is 23.0 Å². The average Bonchev–Trinajstić information content (AvgIpc) is 1.66. The lowest BCUT2D eigenvalue weighted by molar-refractivity contribution is -0.385. The molecule has 0 unspecified atom stereocenters. The molecule has 0 spiro atoms. The zero-order chi connectivity index (χ0) is 93.1. The molecule has 4 amide bonds. The summed E-state index contributed by atoms with van der Waals surface area (Å²) in [7, 11) is 0. The van der Waals surface area contributed by atoms with Crippen LogP contribution < -0.4 is 43.9 Å². The summed E-state index contributed by atoms with van der Waals surface area (Å²) in [5, 5.41) is 86.2. The Labute approximate surface area is 697 Å². The molecule has 0 aliphatic heterocycles. The number of hydrazone groups is 4. The summed E-state index contributed by atoms with van der Waals surface area (Å²) in [5.41, 5.74) is 5.43. The van der Waals surface area contributed by atoms with E-state index in [0.717, 1.165) is 140 Å². The zero-order valence-corrected chi connectivity index (χ0v) is 66.0. The molecule has 0 saturated carbocycles. The van der Waals surface area contributed by atoms with Crippen molar-refractivity contribution in [1.29, 1.82) is 0 Å². The number of carbonyl (C=O) groups is 4. The number of rotatable bonds is 18. The van der Waals surface area contributed by atoms with Crippen molar-refractivity contribution < 1.29 is 102 Å². The van der Waals surface area contributed by atoms with Crippen LogP contribution in [0.4, 0.5) is 64.1 Å². The van der Waals surface area contributed by atoms with Gasteiger partial charge < -0.3 is 20.4 Å². The molecule has 34 nitrogen and oxygen atoms in total. The smallest absolute Gasteiger partial charge is 0.416 e. The van der Waals surface area contributed by atoms with E-state index in [9.17, 15) is 132 Å². The number of benzene rings is 8. The summed E-state index contributed by atoms with van der Waals surface area (Å²) in [6, 6.07) is 33.3. The fourth-order valence-corrected chi connectivity index (χ4v) is 11.8. The number of nitro benzene ring substituents is 2. The lowest BCUT2D eigenvalue weighted by Crippen LogP contribution is -2.24. The Hall–Kier alpha value is -16.5. The summed E-state index contributed by atoms with van der Waals surface area (Å²) in [5.74, 6) is -4.55. The highest BCUT2D eigenvalue weighted by molar-refractivity contribution is 6.05. The van der Waals surface area contributed by atoms with Crippen LogP contribution in [-0.2, 0) is 24.7 Å². The number of phenolic OH excluding ortho intramolecular Hbond substituents is 4. The van der Waals surface area contributed by atoms with Gasteiger partial charge in [0.1, 0.15) is 17.1 Å². The van der Waals surface area contributed by atoms with Gasteiger partial charge >= 0.3 is 24.7 Å². The number of nitrogens with zero attached hydrogens (tertiary/aromatic N) is 10. The molecule has 0 aliphatic rings. The predicted molar refractivity (Wildman–Crippen MR) is 429 cm³/mol. The summed E-state index contributed by atoms with van der Waals surface area (Å²) < 4.78 is 157. The Morgan fingerprint density at radius 1 is 0.349 bits per heavy atom. The molecular weight excluding hydrogens is 1700 g/mol. The molecule has 0 aliphatic carbocycles. The van der Waals surface area contributed by atoms with Gasteiger partial charge in [-0.1, -0.05) is 18.2 Å². The third-order valence-electron chi connectivity index (χ3n) is 18.0. The number of halogens is 12. The van der Waals surface area contributed by atoms with Crippen molar-refractivity contribution in [2.24, 2.45) is 20.4 Å². The van der Waals surface area contributed by atoms with Gasteiger partial charge in [-0.3, -0.25) is 79.0 Å². The number of aromatic amines is 4. The van der Waals surface area contributed by atoms with Crippen molar-refractivity contribution in [2.75, 3.05) is 0 Å². The molecular formula is C80H66F12N18O16. The first-order valence-corrected chi connectivity index (χ1v) is 35.9. The maximum Gasteiger partial charge on any atom is 0.416 e. The zero-order valence-electron chi connectivity index (χ0n) is 66.0. The predicted octanol–water partition coefficient (Wildman–Crippen LogP) is 13.2. The van der Waals surface area contributed by atoms with Crippen LogP contribution in [0.25, 0.3) is 22.7 Å². The van der Waals surface area contributed by atoms with E-state index in [0.29, 0.717) is 22.8 Å². The lowest BCUT2D eigenvalue weighted by Gasteiger charge is -2.07. The van der Waals surface area contributed by atoms with E-state index >= 15 is 0 Å². The highest BCUT2D eigenvalue weighted by Crippen LogP contribution is 2.34. The fraction of sp³-hybridized carbons (Fsp3) is 0.150. The van der Waals surface area contributed by atoms with Gasteiger partial charge in [-0.05, 0) is 195 Å². The number of H-pyrrole nitrogens is 4. The Morgan fingerprint density at radius 2 is 0.659 bits per heavy atom. The van der Waals surface area contributed by atoms with Crippen molar-refractivity contribution in [3.8, 4) is 45.7 Å². The van der Waals surface area contributed by atoms with E-state index in [1.807, 2.05) is 0 Å². The summed E-state index contributed by atoms with van der Waals surface area (Å²) in [4.78, 5) is 121. The van der Waals surface area contributed by atoms with Crippen molar-refractivity contribution in [1.82, 2.24) is 60.8 Å². The summed E-state index contributed by atoms with van der Waals surface area (Å²) in [6.07, 6.45) is -18.0. The maximum atomic E-state index is 12.8. The van der Waals surface area contributed by atoms with Crippen LogP contribution in [0.2, 0.25) is 0 Å². The van der Waals surface area contributed by atoms with Crippen LogP contribution in [-0.4, -0.2) is 116 Å². The number of carbonyl (C=O) groups excluding carboxylic acids is 4. The first kappa shape index (κ1) is 93.4. The van der Waals surface area contributed by atoms with Gasteiger partial charge in [-0.2, -0.15) is 73.1 Å². The van der Waals surface area contributed by atoms with E-state index in [1.165, 1.54) is 88.4 Å². The topological polar surface area (TPSA) is 484 Å². The third kappa shape index (κ3) is 22.2. The number of hydrogen-bond acceptors (Lipinski definition) is 20. The molecule has 8 aromatic carbocycles. The van der Waals surface area contributed by atoms with E-state index in [-0.39, 0.29) is 107 Å². The van der Waals surface area contributed by atoms with Gasteiger partial charge in [0.05, 0.1) is 106 Å². The fourth-order valence-electron chi connectivity index (χ4n) is 11.8. The molecule has 4 heterocycles. The molecule has 0 fully saturated rings. The van der Waals surface area contributed by atoms with E-state index in [1.54, 1.807) is 27.7 Å². The van der Waals surface area contributed by atoms with E-state index < -0.39 is 120 Å². The minimum atomic E-state index is -4.50.